The number of rotatable bonds is 3. The molecular weight excluding hydrogens is 232 g/mol. The number of hydrogen-bond acceptors (Lipinski definition) is 3. The van der Waals surface area contributed by atoms with Gasteiger partial charge in [-0.15, -0.1) is 5.10 Å². The van der Waals surface area contributed by atoms with Crippen LogP contribution in [0.1, 0.15) is 22.5 Å². The van der Waals surface area contributed by atoms with Crippen molar-refractivity contribution in [1.29, 1.82) is 0 Å². The highest BCUT2D eigenvalue weighted by molar-refractivity contribution is 7.80. The summed E-state index contributed by atoms with van der Waals surface area (Å²) in [6.07, 6.45) is 1.64. The van der Waals surface area contributed by atoms with Gasteiger partial charge in [-0.1, -0.05) is 41.5 Å². The zero-order valence-electron chi connectivity index (χ0n) is 9.84. The van der Waals surface area contributed by atoms with Crippen LogP contribution in [0.5, 0.6) is 0 Å². The lowest BCUT2D eigenvalue weighted by atomic mass is 10.1. The molecule has 0 aliphatic heterocycles. The lowest BCUT2D eigenvalue weighted by Gasteiger charge is -2.04. The summed E-state index contributed by atoms with van der Waals surface area (Å²) in [7, 11) is 0. The van der Waals surface area contributed by atoms with Crippen molar-refractivity contribution in [3.05, 3.63) is 47.0 Å². The summed E-state index contributed by atoms with van der Waals surface area (Å²) >= 11 is 4.82. The van der Waals surface area contributed by atoms with Gasteiger partial charge in [0, 0.05) is 0 Å². The summed E-state index contributed by atoms with van der Waals surface area (Å²) in [5, 5.41) is 4.20. The summed E-state index contributed by atoms with van der Waals surface area (Å²) in [4.78, 5) is 4.27. The Morgan fingerprint density at radius 2 is 1.94 bits per heavy atom. The lowest BCUT2D eigenvalue weighted by molar-refractivity contribution is 0.682. The van der Waals surface area contributed by atoms with Crippen LogP contribution in [0, 0.1) is 13.8 Å². The Hall–Kier alpha value is -1.75. The average molecular weight is 246 g/mol. The fraction of sp³-hybridized carbons (Fsp3) is 0.250. The van der Waals surface area contributed by atoms with Crippen molar-refractivity contribution >= 4 is 17.2 Å². The Balaban J connectivity index is 2.22. The van der Waals surface area contributed by atoms with E-state index in [9.17, 15) is 0 Å². The van der Waals surface area contributed by atoms with Crippen molar-refractivity contribution in [2.75, 3.05) is 0 Å². The SMILES string of the molecule is Cc1cc(C)cc(Cn2cnc(C(N)=S)n2)c1. The molecule has 0 aliphatic carbocycles. The van der Waals surface area contributed by atoms with Crippen molar-refractivity contribution in [2.24, 2.45) is 5.73 Å². The predicted octanol–water partition coefficient (Wildman–Crippen LogP) is 1.58. The van der Waals surface area contributed by atoms with Crippen molar-refractivity contribution in [3.8, 4) is 0 Å². The molecule has 0 bridgehead atoms. The third-order valence-corrected chi connectivity index (χ3v) is 2.57. The van der Waals surface area contributed by atoms with E-state index in [2.05, 4.69) is 42.1 Å². The van der Waals surface area contributed by atoms with Gasteiger partial charge < -0.3 is 5.73 Å². The molecule has 17 heavy (non-hydrogen) atoms. The second-order valence-electron chi connectivity index (χ2n) is 4.13. The van der Waals surface area contributed by atoms with E-state index in [0.29, 0.717) is 12.4 Å². The molecule has 2 N–H and O–H groups in total. The largest absolute Gasteiger partial charge is 0.387 e. The van der Waals surface area contributed by atoms with E-state index in [4.69, 9.17) is 18.0 Å². The highest BCUT2D eigenvalue weighted by Crippen LogP contribution is 2.09. The number of nitrogens with zero attached hydrogens (tertiary/aromatic N) is 3. The van der Waals surface area contributed by atoms with Crippen LogP contribution in [0.3, 0.4) is 0 Å². The lowest BCUT2D eigenvalue weighted by Crippen LogP contribution is -2.12. The molecule has 0 unspecified atom stereocenters. The molecule has 2 aromatic rings. The van der Waals surface area contributed by atoms with Crippen LogP contribution in [-0.2, 0) is 6.54 Å². The van der Waals surface area contributed by atoms with Gasteiger partial charge in [-0.05, 0) is 19.4 Å². The highest BCUT2D eigenvalue weighted by Gasteiger charge is 2.04. The molecule has 0 radical (unpaired) electrons. The predicted molar refractivity (Wildman–Crippen MR) is 70.9 cm³/mol. The minimum atomic E-state index is 0.226. The molecule has 4 nitrogen and oxygen atoms in total. The van der Waals surface area contributed by atoms with Gasteiger partial charge in [-0.3, -0.25) is 0 Å². The fourth-order valence-electron chi connectivity index (χ4n) is 1.83. The maximum absolute atomic E-state index is 5.46. The Bertz CT molecular complexity index is 539. The molecule has 0 saturated carbocycles. The summed E-state index contributed by atoms with van der Waals surface area (Å²) in [5.74, 6) is 0.421. The van der Waals surface area contributed by atoms with E-state index in [0.717, 1.165) is 0 Å². The molecule has 0 spiro atoms. The maximum Gasteiger partial charge on any atom is 0.208 e. The molecule has 1 aromatic heterocycles. The number of benzene rings is 1. The molecule has 0 fully saturated rings. The number of thiocarbonyl (C=S) groups is 1. The fourth-order valence-corrected chi connectivity index (χ4v) is 1.92. The summed E-state index contributed by atoms with van der Waals surface area (Å²) < 4.78 is 1.74. The van der Waals surface area contributed by atoms with Crippen LogP contribution < -0.4 is 5.73 Å². The molecule has 5 heteroatoms. The number of hydrogen-bond donors (Lipinski definition) is 1. The van der Waals surface area contributed by atoms with Gasteiger partial charge >= 0.3 is 0 Å². The summed E-state index contributed by atoms with van der Waals surface area (Å²) in [5.41, 5.74) is 9.15. The van der Waals surface area contributed by atoms with E-state index >= 15 is 0 Å². The average Bonchev–Trinajstić information content (AvgIpc) is 2.64. The first-order valence-electron chi connectivity index (χ1n) is 5.31. The second kappa shape index (κ2) is 4.63. The minimum Gasteiger partial charge on any atom is -0.387 e. The standard InChI is InChI=1S/C12H14N4S/c1-8-3-9(2)5-10(4-8)6-16-7-14-12(15-16)11(13)17/h3-5,7H,6H2,1-2H3,(H2,13,17). The van der Waals surface area contributed by atoms with Gasteiger partial charge in [0.1, 0.15) is 11.3 Å². The van der Waals surface area contributed by atoms with Gasteiger partial charge in [0.15, 0.2) is 0 Å². The summed E-state index contributed by atoms with van der Waals surface area (Å²) in [6.45, 7) is 4.84. The Labute approximate surface area is 105 Å². The van der Waals surface area contributed by atoms with Crippen molar-refractivity contribution < 1.29 is 0 Å². The summed E-state index contributed by atoms with van der Waals surface area (Å²) in [6, 6.07) is 6.41. The van der Waals surface area contributed by atoms with Gasteiger partial charge in [0.05, 0.1) is 6.54 Å². The molecule has 0 aliphatic rings. The van der Waals surface area contributed by atoms with Crippen LogP contribution >= 0.6 is 12.2 Å². The van der Waals surface area contributed by atoms with Crippen molar-refractivity contribution in [3.63, 3.8) is 0 Å². The van der Waals surface area contributed by atoms with Crippen LogP contribution in [0.25, 0.3) is 0 Å². The van der Waals surface area contributed by atoms with E-state index in [1.54, 1.807) is 11.0 Å². The molecule has 0 amide bonds. The van der Waals surface area contributed by atoms with E-state index in [-0.39, 0.29) is 4.99 Å². The monoisotopic (exact) mass is 246 g/mol. The quantitative estimate of drug-likeness (QED) is 0.835. The van der Waals surface area contributed by atoms with E-state index in [1.165, 1.54) is 16.7 Å². The zero-order chi connectivity index (χ0) is 12.4. The van der Waals surface area contributed by atoms with Crippen LogP contribution in [0.15, 0.2) is 24.5 Å². The molecule has 1 aromatic carbocycles. The van der Waals surface area contributed by atoms with Crippen LogP contribution in [-0.4, -0.2) is 19.8 Å². The number of aryl methyl sites for hydroxylation is 2. The van der Waals surface area contributed by atoms with Crippen LogP contribution in [0.4, 0.5) is 0 Å². The topological polar surface area (TPSA) is 56.7 Å². The number of aromatic nitrogens is 3. The Morgan fingerprint density at radius 1 is 1.29 bits per heavy atom. The second-order valence-corrected chi connectivity index (χ2v) is 4.57. The van der Waals surface area contributed by atoms with Gasteiger partial charge in [-0.2, -0.15) is 0 Å². The van der Waals surface area contributed by atoms with Crippen LogP contribution in [0.2, 0.25) is 0 Å². The minimum absolute atomic E-state index is 0.226. The van der Waals surface area contributed by atoms with Gasteiger partial charge in [0.2, 0.25) is 5.82 Å². The van der Waals surface area contributed by atoms with Gasteiger partial charge in [-0.25, -0.2) is 9.67 Å². The Morgan fingerprint density at radius 3 is 2.47 bits per heavy atom. The first-order chi connectivity index (χ1) is 8.04. The van der Waals surface area contributed by atoms with Gasteiger partial charge in [0.25, 0.3) is 0 Å². The Kier molecular flexibility index (Phi) is 3.19. The maximum atomic E-state index is 5.46. The molecule has 0 atom stereocenters. The van der Waals surface area contributed by atoms with E-state index < -0.39 is 0 Å². The molecule has 88 valence electrons. The molecule has 1 heterocycles. The molecule has 2 rings (SSSR count). The molecular formula is C12H14N4S. The highest BCUT2D eigenvalue weighted by atomic mass is 32.1. The first-order valence-corrected chi connectivity index (χ1v) is 5.72. The molecule has 0 saturated heterocycles. The normalized spacial score (nSPS) is 10.5. The smallest absolute Gasteiger partial charge is 0.208 e. The van der Waals surface area contributed by atoms with Crippen molar-refractivity contribution in [2.45, 2.75) is 20.4 Å². The third kappa shape index (κ3) is 2.88. The van der Waals surface area contributed by atoms with Crippen molar-refractivity contribution in [1.82, 2.24) is 14.8 Å². The zero-order valence-corrected chi connectivity index (χ0v) is 10.7. The third-order valence-electron chi connectivity index (χ3n) is 2.38. The first kappa shape index (κ1) is 11.7. The number of nitrogens with two attached hydrogens (primary N) is 1. The van der Waals surface area contributed by atoms with E-state index in [1.807, 2.05) is 0 Å².